The van der Waals surface area contributed by atoms with Crippen molar-refractivity contribution >= 4 is 5.91 Å². The van der Waals surface area contributed by atoms with Gasteiger partial charge in [-0.15, -0.1) is 0 Å². The molecular formula is C14H28N2O2. The number of amides is 1. The summed E-state index contributed by atoms with van der Waals surface area (Å²) >= 11 is 0. The molecule has 18 heavy (non-hydrogen) atoms. The fourth-order valence-electron chi connectivity index (χ4n) is 2.76. The summed E-state index contributed by atoms with van der Waals surface area (Å²) in [5.41, 5.74) is 6.07. The highest BCUT2D eigenvalue weighted by Crippen LogP contribution is 2.25. The van der Waals surface area contributed by atoms with Gasteiger partial charge in [-0.1, -0.05) is 26.2 Å². The van der Waals surface area contributed by atoms with Crippen molar-refractivity contribution < 1.29 is 9.53 Å². The lowest BCUT2D eigenvalue weighted by atomic mass is 9.83. The Labute approximate surface area is 111 Å². The summed E-state index contributed by atoms with van der Waals surface area (Å²) < 4.78 is 5.13. The van der Waals surface area contributed by atoms with E-state index in [0.29, 0.717) is 18.9 Å². The zero-order valence-corrected chi connectivity index (χ0v) is 11.8. The van der Waals surface area contributed by atoms with Crippen LogP contribution in [0.3, 0.4) is 0 Å². The molecule has 1 saturated carbocycles. The van der Waals surface area contributed by atoms with E-state index < -0.39 is 0 Å². The van der Waals surface area contributed by atoms with Gasteiger partial charge in [0.2, 0.25) is 5.91 Å². The molecule has 1 fully saturated rings. The Bertz CT molecular complexity index is 240. The topological polar surface area (TPSA) is 64.3 Å². The Morgan fingerprint density at radius 3 is 2.78 bits per heavy atom. The van der Waals surface area contributed by atoms with Crippen LogP contribution < -0.4 is 11.1 Å². The molecule has 4 nitrogen and oxygen atoms in total. The van der Waals surface area contributed by atoms with Gasteiger partial charge >= 0.3 is 0 Å². The van der Waals surface area contributed by atoms with Gasteiger partial charge in [-0.2, -0.15) is 0 Å². The molecule has 0 radical (unpaired) electrons. The second-order valence-corrected chi connectivity index (χ2v) is 5.42. The Balaban J connectivity index is 2.34. The highest BCUT2D eigenvalue weighted by Gasteiger charge is 2.24. The second kappa shape index (κ2) is 8.48. The molecule has 0 aromatic rings. The van der Waals surface area contributed by atoms with Gasteiger partial charge in [0, 0.05) is 19.6 Å². The summed E-state index contributed by atoms with van der Waals surface area (Å²) in [7, 11) is 1.67. The molecule has 1 aliphatic rings. The smallest absolute Gasteiger partial charge is 0.220 e. The van der Waals surface area contributed by atoms with E-state index in [9.17, 15) is 4.79 Å². The Morgan fingerprint density at radius 1 is 1.44 bits per heavy atom. The summed E-state index contributed by atoms with van der Waals surface area (Å²) in [4.78, 5) is 12.0. The second-order valence-electron chi connectivity index (χ2n) is 5.42. The predicted molar refractivity (Wildman–Crippen MR) is 73.3 cm³/mol. The van der Waals surface area contributed by atoms with Crippen LogP contribution in [0.2, 0.25) is 0 Å². The van der Waals surface area contributed by atoms with Crippen LogP contribution in [0, 0.1) is 5.92 Å². The van der Waals surface area contributed by atoms with E-state index in [1.807, 2.05) is 0 Å². The summed E-state index contributed by atoms with van der Waals surface area (Å²) in [5.74, 6) is 0.497. The molecule has 3 N–H and O–H groups in total. The molecule has 0 bridgehead atoms. The minimum absolute atomic E-state index is 0.132. The highest BCUT2D eigenvalue weighted by atomic mass is 16.5. The molecule has 0 saturated heterocycles. The normalized spacial score (nSPS) is 25.7. The van der Waals surface area contributed by atoms with Crippen molar-refractivity contribution in [2.75, 3.05) is 13.7 Å². The first-order valence-electron chi connectivity index (χ1n) is 7.21. The number of methoxy groups -OCH3 is 1. The van der Waals surface area contributed by atoms with Crippen LogP contribution in [0.1, 0.15) is 51.9 Å². The lowest BCUT2D eigenvalue weighted by Gasteiger charge is -2.28. The van der Waals surface area contributed by atoms with E-state index in [1.54, 1.807) is 7.11 Å². The zero-order chi connectivity index (χ0) is 13.4. The van der Waals surface area contributed by atoms with Gasteiger partial charge in [0.05, 0.1) is 12.6 Å². The Kier molecular flexibility index (Phi) is 7.28. The summed E-state index contributed by atoms with van der Waals surface area (Å²) in [6.07, 6.45) is 7.17. The van der Waals surface area contributed by atoms with Crippen LogP contribution in [-0.2, 0) is 9.53 Å². The standard InChI is InChI=1S/C14H28N2O2/c1-3-6-12(10-18-2)16-14(17)9-11-7-4-5-8-13(11)15/h11-13H,3-10,15H2,1-2H3,(H,16,17). The molecule has 3 unspecified atom stereocenters. The molecule has 1 rings (SSSR count). The van der Waals surface area contributed by atoms with Gasteiger partial charge in [0.1, 0.15) is 0 Å². The van der Waals surface area contributed by atoms with Crippen LogP contribution in [-0.4, -0.2) is 31.7 Å². The maximum atomic E-state index is 12.0. The first-order valence-corrected chi connectivity index (χ1v) is 7.21. The van der Waals surface area contributed by atoms with E-state index >= 15 is 0 Å². The van der Waals surface area contributed by atoms with Crippen LogP contribution in [0.5, 0.6) is 0 Å². The fourth-order valence-corrected chi connectivity index (χ4v) is 2.76. The number of ether oxygens (including phenoxy) is 1. The molecule has 106 valence electrons. The van der Waals surface area contributed by atoms with Crippen molar-refractivity contribution in [1.29, 1.82) is 0 Å². The summed E-state index contributed by atoms with van der Waals surface area (Å²) in [6.45, 7) is 2.71. The molecule has 0 aromatic carbocycles. The van der Waals surface area contributed by atoms with E-state index in [0.717, 1.165) is 25.7 Å². The monoisotopic (exact) mass is 256 g/mol. The van der Waals surface area contributed by atoms with Crippen molar-refractivity contribution in [2.24, 2.45) is 11.7 Å². The quantitative estimate of drug-likeness (QED) is 0.730. The van der Waals surface area contributed by atoms with Crippen LogP contribution in [0.15, 0.2) is 0 Å². The van der Waals surface area contributed by atoms with Crippen molar-refractivity contribution in [3.8, 4) is 0 Å². The van der Waals surface area contributed by atoms with Gasteiger partial charge in [-0.05, 0) is 25.2 Å². The fraction of sp³-hybridized carbons (Fsp3) is 0.929. The van der Waals surface area contributed by atoms with E-state index in [1.165, 1.54) is 12.8 Å². The molecule has 1 aliphatic carbocycles. The van der Waals surface area contributed by atoms with Gasteiger partial charge < -0.3 is 15.8 Å². The van der Waals surface area contributed by atoms with Crippen LogP contribution in [0.25, 0.3) is 0 Å². The maximum Gasteiger partial charge on any atom is 0.220 e. The van der Waals surface area contributed by atoms with Crippen molar-refractivity contribution in [1.82, 2.24) is 5.32 Å². The number of hydrogen-bond donors (Lipinski definition) is 2. The third-order valence-corrected chi connectivity index (χ3v) is 3.79. The first kappa shape index (κ1) is 15.4. The molecule has 4 heteroatoms. The number of rotatable bonds is 7. The molecule has 0 spiro atoms. The lowest BCUT2D eigenvalue weighted by Crippen LogP contribution is -2.41. The van der Waals surface area contributed by atoms with Gasteiger partial charge in [-0.25, -0.2) is 0 Å². The number of nitrogens with one attached hydrogen (secondary N) is 1. The predicted octanol–water partition coefficient (Wildman–Crippen LogP) is 1.83. The van der Waals surface area contributed by atoms with Crippen LogP contribution in [0.4, 0.5) is 0 Å². The average Bonchev–Trinajstić information content (AvgIpc) is 2.33. The number of carbonyl (C=O) groups excluding carboxylic acids is 1. The van der Waals surface area contributed by atoms with Gasteiger partial charge in [0.15, 0.2) is 0 Å². The number of carbonyl (C=O) groups is 1. The third-order valence-electron chi connectivity index (χ3n) is 3.79. The average molecular weight is 256 g/mol. The molecule has 0 heterocycles. The Hall–Kier alpha value is -0.610. The highest BCUT2D eigenvalue weighted by molar-refractivity contribution is 5.76. The molecule has 0 aromatic heterocycles. The van der Waals surface area contributed by atoms with Crippen molar-refractivity contribution in [3.63, 3.8) is 0 Å². The van der Waals surface area contributed by atoms with Gasteiger partial charge in [0.25, 0.3) is 0 Å². The summed E-state index contributed by atoms with van der Waals surface area (Å²) in [5, 5.41) is 3.07. The molecular weight excluding hydrogens is 228 g/mol. The van der Waals surface area contributed by atoms with Crippen molar-refractivity contribution in [3.05, 3.63) is 0 Å². The lowest BCUT2D eigenvalue weighted by molar-refractivity contribution is -0.123. The van der Waals surface area contributed by atoms with Crippen molar-refractivity contribution in [2.45, 2.75) is 64.0 Å². The third kappa shape index (κ3) is 5.36. The largest absolute Gasteiger partial charge is 0.383 e. The zero-order valence-electron chi connectivity index (χ0n) is 11.8. The summed E-state index contributed by atoms with van der Waals surface area (Å²) in [6, 6.07) is 0.351. The van der Waals surface area contributed by atoms with E-state index in [-0.39, 0.29) is 18.0 Å². The molecule has 0 aliphatic heterocycles. The molecule has 1 amide bonds. The van der Waals surface area contributed by atoms with Gasteiger partial charge in [-0.3, -0.25) is 4.79 Å². The first-order chi connectivity index (χ1) is 8.67. The number of hydrogen-bond acceptors (Lipinski definition) is 3. The minimum Gasteiger partial charge on any atom is -0.383 e. The number of nitrogens with two attached hydrogens (primary N) is 1. The maximum absolute atomic E-state index is 12.0. The molecule has 3 atom stereocenters. The van der Waals surface area contributed by atoms with Crippen LogP contribution >= 0.6 is 0 Å². The van der Waals surface area contributed by atoms with E-state index in [4.69, 9.17) is 10.5 Å². The van der Waals surface area contributed by atoms with E-state index in [2.05, 4.69) is 12.2 Å². The Morgan fingerprint density at radius 2 is 2.17 bits per heavy atom. The minimum atomic E-state index is 0.132. The SMILES string of the molecule is CCCC(COC)NC(=O)CC1CCCCC1N.